The molecule has 2 N–H and O–H groups in total. The van der Waals surface area contributed by atoms with Gasteiger partial charge in [-0.2, -0.15) is 15.2 Å². The summed E-state index contributed by atoms with van der Waals surface area (Å²) in [7, 11) is 0. The highest BCUT2D eigenvalue weighted by Crippen LogP contribution is 2.47. The summed E-state index contributed by atoms with van der Waals surface area (Å²) in [5, 5.41) is 10.7. The minimum atomic E-state index is -0.954. The third kappa shape index (κ3) is 6.20. The topological polar surface area (TPSA) is 124 Å². The number of morpholine rings is 1. The fourth-order valence-electron chi connectivity index (χ4n) is 9.76. The molecule has 11 nitrogen and oxygen atoms in total. The summed E-state index contributed by atoms with van der Waals surface area (Å²) in [6, 6.07) is 6.27. The van der Waals surface area contributed by atoms with Crippen molar-refractivity contribution in [3.8, 4) is 23.2 Å². The predicted molar refractivity (Wildman–Crippen MR) is 205 cm³/mol. The molecule has 7 heterocycles. The number of urea groups is 1. The van der Waals surface area contributed by atoms with Gasteiger partial charge in [-0.25, -0.2) is 18.0 Å². The Morgan fingerprint density at radius 1 is 1.13 bits per heavy atom. The lowest BCUT2D eigenvalue weighted by molar-refractivity contribution is -0.0288. The van der Waals surface area contributed by atoms with Crippen LogP contribution in [0.15, 0.2) is 18.2 Å². The number of nitriles is 1. The summed E-state index contributed by atoms with van der Waals surface area (Å²) < 4.78 is 59.2. The lowest BCUT2D eigenvalue weighted by atomic mass is 9.76. The molecule has 3 atom stereocenters. The molecule has 0 bridgehead atoms. The first-order chi connectivity index (χ1) is 26.5. The number of benzene rings is 2. The predicted octanol–water partition coefficient (Wildman–Crippen LogP) is 6.99. The van der Waals surface area contributed by atoms with E-state index in [9.17, 15) is 14.4 Å². The molecular formula is C39H42ClF3N8O3S. The maximum Gasteiger partial charge on any atom is 0.320 e. The van der Waals surface area contributed by atoms with Gasteiger partial charge in [-0.15, -0.1) is 11.3 Å². The highest BCUT2D eigenvalue weighted by molar-refractivity contribution is 7.23. The maximum absolute atomic E-state index is 17.3. The Morgan fingerprint density at radius 2 is 1.96 bits per heavy atom. The highest BCUT2D eigenvalue weighted by Gasteiger charge is 2.50. The molecule has 5 saturated heterocycles. The van der Waals surface area contributed by atoms with Crippen LogP contribution in [-0.4, -0.2) is 114 Å². The van der Waals surface area contributed by atoms with Crippen molar-refractivity contribution >= 4 is 60.8 Å². The first-order valence-corrected chi connectivity index (χ1v) is 20.2. The number of ether oxygens (including phenoxy) is 2. The summed E-state index contributed by atoms with van der Waals surface area (Å²) >= 11 is 7.90. The van der Waals surface area contributed by atoms with Crippen molar-refractivity contribution in [1.29, 1.82) is 5.26 Å². The Hall–Kier alpha value is -4.10. The number of hydrogen-bond donors (Lipinski definition) is 1. The van der Waals surface area contributed by atoms with E-state index in [0.29, 0.717) is 70.0 Å². The number of fused-ring (bicyclic) bond motifs is 3. The van der Waals surface area contributed by atoms with Gasteiger partial charge in [0.25, 0.3) is 0 Å². The Bertz CT molecular complexity index is 2250. The molecule has 290 valence electrons. The molecule has 2 aromatic heterocycles. The minimum absolute atomic E-state index is 0.00854. The molecule has 0 aliphatic carbocycles. The van der Waals surface area contributed by atoms with Crippen LogP contribution >= 0.6 is 22.9 Å². The number of halogens is 4. The second kappa shape index (κ2) is 13.8. The van der Waals surface area contributed by atoms with E-state index in [1.807, 2.05) is 22.8 Å². The Morgan fingerprint density at radius 3 is 2.76 bits per heavy atom. The molecule has 0 unspecified atom stereocenters. The molecule has 5 fully saturated rings. The van der Waals surface area contributed by atoms with Gasteiger partial charge in [0.2, 0.25) is 0 Å². The van der Waals surface area contributed by atoms with Crippen molar-refractivity contribution in [2.45, 2.75) is 63.3 Å². The number of carbonyl (C=O) groups excluding carboxylic acids is 1. The number of likely N-dealkylation sites (tertiary alicyclic amines) is 1. The van der Waals surface area contributed by atoms with Gasteiger partial charge in [0.15, 0.2) is 5.82 Å². The number of alkyl halides is 1. The number of aromatic nitrogens is 2. The summed E-state index contributed by atoms with van der Waals surface area (Å²) in [6.45, 7) is 7.29. The fraction of sp³-hybridized carbons (Fsp3) is 0.538. The Balaban J connectivity index is 1.11. The van der Waals surface area contributed by atoms with Crippen molar-refractivity contribution < 1.29 is 27.4 Å². The molecule has 16 heteroatoms. The summed E-state index contributed by atoms with van der Waals surface area (Å²) in [6.07, 6.45) is 3.82. The Kier molecular flexibility index (Phi) is 9.18. The maximum atomic E-state index is 17.3. The Labute approximate surface area is 325 Å². The number of hydrogen-bond acceptors (Lipinski definition) is 10. The van der Waals surface area contributed by atoms with Gasteiger partial charge in [-0.05, 0) is 56.8 Å². The number of nitrogens with zero attached hydrogens (tertiary/aromatic N) is 7. The molecule has 5 aliphatic heterocycles. The van der Waals surface area contributed by atoms with Gasteiger partial charge in [0, 0.05) is 74.0 Å². The smallest absolute Gasteiger partial charge is 0.320 e. The van der Waals surface area contributed by atoms with Crippen molar-refractivity contribution in [3.05, 3.63) is 40.4 Å². The van der Waals surface area contributed by atoms with Crippen LogP contribution in [-0.2, 0) is 4.74 Å². The number of amides is 2. The quantitative estimate of drug-likeness (QED) is 0.228. The number of rotatable bonds is 5. The van der Waals surface area contributed by atoms with Crippen LogP contribution < -0.4 is 15.4 Å². The van der Waals surface area contributed by atoms with E-state index in [2.05, 4.69) is 14.8 Å². The van der Waals surface area contributed by atoms with Gasteiger partial charge in [0.1, 0.15) is 41.0 Å². The molecule has 5 aliphatic rings. The van der Waals surface area contributed by atoms with Crippen LogP contribution in [0.4, 0.5) is 28.8 Å². The zero-order valence-electron chi connectivity index (χ0n) is 30.6. The number of nitrogen functional groups attached to an aromatic ring is 1. The van der Waals surface area contributed by atoms with E-state index < -0.39 is 23.3 Å². The molecule has 1 spiro atoms. The van der Waals surface area contributed by atoms with E-state index >= 15 is 8.78 Å². The second-order valence-corrected chi connectivity index (χ2v) is 17.5. The van der Waals surface area contributed by atoms with Gasteiger partial charge in [-0.1, -0.05) is 24.1 Å². The SMILES string of the molecule is C[C@@H]1CN(C(=O)N2CC3(CCCCN(c4nc(OC[C@@]56CCCN5C[C@H](F)C6)nc5c(F)c(-c6ccc(F)c7sc(N)c(C#N)c67)c(Cl)cc45)C3)C2)CCO1. The summed E-state index contributed by atoms with van der Waals surface area (Å²) in [5.41, 5.74) is 5.62. The molecule has 2 amide bonds. The van der Waals surface area contributed by atoms with Gasteiger partial charge in [-0.3, -0.25) is 4.90 Å². The van der Waals surface area contributed by atoms with Crippen molar-refractivity contribution in [3.63, 3.8) is 0 Å². The van der Waals surface area contributed by atoms with Crippen LogP contribution in [0.1, 0.15) is 51.0 Å². The third-order valence-corrected chi connectivity index (χ3v) is 13.6. The molecule has 2 aromatic carbocycles. The van der Waals surface area contributed by atoms with Gasteiger partial charge in [0.05, 0.1) is 33.5 Å². The molecule has 0 saturated carbocycles. The van der Waals surface area contributed by atoms with Crippen LogP contribution in [0, 0.1) is 28.4 Å². The first-order valence-electron chi connectivity index (χ1n) is 19.0. The minimum Gasteiger partial charge on any atom is -0.461 e. The molecular weight excluding hydrogens is 753 g/mol. The average Bonchev–Trinajstić information content (AvgIpc) is 3.73. The summed E-state index contributed by atoms with van der Waals surface area (Å²) in [5.74, 6) is -0.895. The van der Waals surface area contributed by atoms with Crippen molar-refractivity contribution in [1.82, 2.24) is 24.7 Å². The average molecular weight is 795 g/mol. The van der Waals surface area contributed by atoms with Crippen LogP contribution in [0.5, 0.6) is 6.01 Å². The van der Waals surface area contributed by atoms with Crippen LogP contribution in [0.25, 0.3) is 32.1 Å². The van der Waals surface area contributed by atoms with Gasteiger partial charge < -0.3 is 29.9 Å². The number of anilines is 2. The molecule has 55 heavy (non-hydrogen) atoms. The standard InChI is InChI=1S/C39H42ClF3N8O3S/c1-22-16-48(11-12-53-22)37(52)50-19-38(20-50)7-2-3-9-49(18-38)35-25-13-27(40)30(24-5-6-28(42)33-29(24)26(15-44)34(45)55-33)31(43)32(25)46-36(47-35)54-21-39-8-4-10-51(39)17-23(41)14-39/h5-6,13,22-23H,2-4,7-12,14,16-21,45H2,1H3/t22-,23-,39+/m1/s1. The lowest BCUT2D eigenvalue weighted by Crippen LogP contribution is -2.65. The van der Waals surface area contributed by atoms with E-state index in [1.165, 1.54) is 12.1 Å². The summed E-state index contributed by atoms with van der Waals surface area (Å²) in [4.78, 5) is 31.1. The van der Waals surface area contributed by atoms with E-state index in [1.54, 1.807) is 6.07 Å². The van der Waals surface area contributed by atoms with E-state index in [-0.39, 0.29) is 72.5 Å². The zero-order valence-corrected chi connectivity index (χ0v) is 32.1. The normalized spacial score (nSPS) is 25.3. The molecule has 0 radical (unpaired) electrons. The van der Waals surface area contributed by atoms with Crippen molar-refractivity contribution in [2.75, 3.05) is 76.2 Å². The highest BCUT2D eigenvalue weighted by atomic mass is 35.5. The van der Waals surface area contributed by atoms with Crippen molar-refractivity contribution in [2.24, 2.45) is 5.41 Å². The van der Waals surface area contributed by atoms with E-state index in [0.717, 1.165) is 50.0 Å². The lowest BCUT2D eigenvalue weighted by Gasteiger charge is -2.52. The number of nitrogens with two attached hydrogens (primary N) is 1. The van der Waals surface area contributed by atoms with E-state index in [4.69, 9.17) is 31.8 Å². The third-order valence-electron chi connectivity index (χ3n) is 12.3. The number of thiophene rings is 1. The zero-order chi connectivity index (χ0) is 38.2. The monoisotopic (exact) mass is 794 g/mol. The van der Waals surface area contributed by atoms with Crippen LogP contribution in [0.3, 0.4) is 0 Å². The largest absolute Gasteiger partial charge is 0.461 e. The first kappa shape index (κ1) is 36.5. The van der Waals surface area contributed by atoms with Gasteiger partial charge >= 0.3 is 12.0 Å². The fourth-order valence-corrected chi connectivity index (χ4v) is 11.0. The van der Waals surface area contributed by atoms with Crippen LogP contribution in [0.2, 0.25) is 5.02 Å². The molecule has 9 rings (SSSR count). The number of carbonyl (C=O) groups is 1. The second-order valence-electron chi connectivity index (χ2n) is 16.0. The molecule has 4 aromatic rings.